The van der Waals surface area contributed by atoms with E-state index in [2.05, 4.69) is 0 Å². The second-order valence-corrected chi connectivity index (χ2v) is 1.85. The summed E-state index contributed by atoms with van der Waals surface area (Å²) in [5.74, 6) is 0. The Morgan fingerprint density at radius 3 is 2.18 bits per heavy atom. The fourth-order valence-corrected chi connectivity index (χ4v) is 0.596. The van der Waals surface area contributed by atoms with Gasteiger partial charge in [-0.2, -0.15) is 8.78 Å². The molecule has 65 valence electrons. The Kier molecular flexibility index (Phi) is 3.16. The molecule has 6 heteroatoms. The summed E-state index contributed by atoms with van der Waals surface area (Å²) in [4.78, 5) is 9.98. The van der Waals surface area contributed by atoms with Crippen LogP contribution >= 0.6 is 0 Å². The van der Waals surface area contributed by atoms with Crippen LogP contribution in [0.25, 0.3) is 0 Å². The molecule has 2 amide bonds. The molecular weight excluding hydrogens is 161 g/mol. The first-order valence-electron chi connectivity index (χ1n) is 2.92. The van der Waals surface area contributed by atoms with E-state index < -0.39 is 18.8 Å². The van der Waals surface area contributed by atoms with Gasteiger partial charge >= 0.3 is 12.1 Å². The second-order valence-electron chi connectivity index (χ2n) is 1.85. The van der Waals surface area contributed by atoms with Crippen molar-refractivity contribution in [3.8, 4) is 0 Å². The van der Waals surface area contributed by atoms with Gasteiger partial charge in [-0.25, -0.2) is 14.9 Å². The Hall–Kier alpha value is -0.940. The molecule has 0 saturated carbocycles. The number of urea groups is 1. The van der Waals surface area contributed by atoms with Crippen molar-refractivity contribution in [2.45, 2.75) is 13.0 Å². The number of alkyl halides is 3. The SMILES string of the molecule is CCN(C([NH])=O)C(F)(F)CF. The molecule has 0 fully saturated rings. The van der Waals surface area contributed by atoms with Crippen LogP contribution in [0.1, 0.15) is 6.92 Å². The minimum atomic E-state index is -3.84. The highest BCUT2D eigenvalue weighted by Gasteiger charge is 2.38. The summed E-state index contributed by atoms with van der Waals surface area (Å²) in [5.41, 5.74) is 6.33. The Bertz CT molecular complexity index is 151. The normalized spacial score (nSPS) is 11.3. The number of nitrogens with one attached hydrogen (secondary N) is 1. The van der Waals surface area contributed by atoms with Gasteiger partial charge in [0.15, 0.2) is 6.67 Å². The smallest absolute Gasteiger partial charge is 0.262 e. The van der Waals surface area contributed by atoms with Crippen molar-refractivity contribution < 1.29 is 18.0 Å². The molecule has 0 heterocycles. The van der Waals surface area contributed by atoms with Crippen LogP contribution in [0.15, 0.2) is 0 Å². The number of carbonyl (C=O) groups excluding carboxylic acids is 1. The summed E-state index contributed by atoms with van der Waals surface area (Å²) in [6.45, 7) is -1.08. The maximum absolute atomic E-state index is 12.3. The highest BCUT2D eigenvalue weighted by molar-refractivity contribution is 5.71. The zero-order valence-electron chi connectivity index (χ0n) is 5.90. The van der Waals surface area contributed by atoms with Crippen LogP contribution in [0, 0.1) is 0 Å². The zero-order chi connectivity index (χ0) is 9.07. The topological polar surface area (TPSA) is 44.1 Å². The quantitative estimate of drug-likeness (QED) is 0.586. The average Bonchev–Trinajstić information content (AvgIpc) is 1.88. The third-order valence-electron chi connectivity index (χ3n) is 1.12. The lowest BCUT2D eigenvalue weighted by molar-refractivity contribution is -0.130. The minimum absolute atomic E-state index is 0.146. The van der Waals surface area contributed by atoms with E-state index in [1.807, 2.05) is 0 Å². The number of halogens is 3. The van der Waals surface area contributed by atoms with Gasteiger partial charge in [-0.15, -0.1) is 0 Å². The maximum Gasteiger partial charge on any atom is 0.357 e. The molecule has 0 aliphatic heterocycles. The van der Waals surface area contributed by atoms with Gasteiger partial charge < -0.3 is 0 Å². The number of rotatable bonds is 3. The van der Waals surface area contributed by atoms with Crippen molar-refractivity contribution in [2.75, 3.05) is 13.2 Å². The highest BCUT2D eigenvalue weighted by atomic mass is 19.3. The number of amides is 2. The maximum atomic E-state index is 12.3. The van der Waals surface area contributed by atoms with Gasteiger partial charge in [0, 0.05) is 6.54 Å². The molecule has 3 nitrogen and oxygen atoms in total. The van der Waals surface area contributed by atoms with Crippen LogP contribution in [0.3, 0.4) is 0 Å². The van der Waals surface area contributed by atoms with Crippen molar-refractivity contribution >= 4 is 6.03 Å². The van der Waals surface area contributed by atoms with Gasteiger partial charge in [-0.1, -0.05) is 0 Å². The van der Waals surface area contributed by atoms with E-state index in [0.29, 0.717) is 0 Å². The zero-order valence-corrected chi connectivity index (χ0v) is 5.90. The molecule has 0 saturated heterocycles. The van der Waals surface area contributed by atoms with E-state index in [9.17, 15) is 18.0 Å². The Balaban J connectivity index is 4.36. The molecule has 1 N–H and O–H groups in total. The molecule has 0 aromatic rings. The second kappa shape index (κ2) is 3.45. The molecule has 0 aromatic carbocycles. The predicted molar refractivity (Wildman–Crippen MR) is 31.8 cm³/mol. The van der Waals surface area contributed by atoms with Crippen LogP contribution in [-0.2, 0) is 0 Å². The van der Waals surface area contributed by atoms with E-state index >= 15 is 0 Å². The van der Waals surface area contributed by atoms with Crippen LogP contribution in [0.5, 0.6) is 0 Å². The molecule has 11 heavy (non-hydrogen) atoms. The molecule has 0 unspecified atom stereocenters. The minimum Gasteiger partial charge on any atom is -0.262 e. The monoisotopic (exact) mass is 169 g/mol. The lowest BCUT2D eigenvalue weighted by atomic mass is 10.5. The van der Waals surface area contributed by atoms with E-state index in [-0.39, 0.29) is 11.4 Å². The third kappa shape index (κ3) is 2.28. The summed E-state index contributed by atoms with van der Waals surface area (Å²) in [6.07, 6.45) is 0. The Labute approximate surface area is 62.0 Å². The standard InChI is InChI=1S/C5H8F3N2O/c1-2-10(4(9)11)5(7,8)3-6/h9H,2-3H2,1H3. The summed E-state index contributed by atoms with van der Waals surface area (Å²) in [7, 11) is 0. The van der Waals surface area contributed by atoms with Crippen LogP contribution < -0.4 is 5.73 Å². The van der Waals surface area contributed by atoms with Crippen molar-refractivity contribution in [1.29, 1.82) is 0 Å². The first-order valence-corrected chi connectivity index (χ1v) is 2.92. The summed E-state index contributed by atoms with van der Waals surface area (Å²) < 4.78 is 36.1. The van der Waals surface area contributed by atoms with Crippen molar-refractivity contribution in [3.05, 3.63) is 0 Å². The van der Waals surface area contributed by atoms with Crippen LogP contribution in [0.2, 0.25) is 0 Å². The fourth-order valence-electron chi connectivity index (χ4n) is 0.596. The van der Waals surface area contributed by atoms with Crippen molar-refractivity contribution in [2.24, 2.45) is 0 Å². The average molecular weight is 169 g/mol. The first-order chi connectivity index (χ1) is 4.95. The van der Waals surface area contributed by atoms with Gasteiger partial charge in [0.2, 0.25) is 0 Å². The summed E-state index contributed by atoms with van der Waals surface area (Å²) >= 11 is 0. The predicted octanol–water partition coefficient (Wildman–Crippen LogP) is 1.27. The van der Waals surface area contributed by atoms with Gasteiger partial charge in [0.05, 0.1) is 0 Å². The number of nitrogens with zero attached hydrogens (tertiary/aromatic N) is 1. The molecule has 0 aromatic heterocycles. The highest BCUT2D eigenvalue weighted by Crippen LogP contribution is 2.19. The van der Waals surface area contributed by atoms with Gasteiger partial charge in [0.25, 0.3) is 0 Å². The van der Waals surface area contributed by atoms with E-state index in [1.54, 1.807) is 0 Å². The van der Waals surface area contributed by atoms with Crippen molar-refractivity contribution in [1.82, 2.24) is 10.6 Å². The lowest BCUT2D eigenvalue weighted by Crippen LogP contribution is -2.46. The molecular formula is C5H8F3N2O. The van der Waals surface area contributed by atoms with E-state index in [1.165, 1.54) is 6.92 Å². The third-order valence-corrected chi connectivity index (χ3v) is 1.12. The first kappa shape index (κ1) is 10.1. The largest absolute Gasteiger partial charge is 0.357 e. The molecule has 0 atom stereocenters. The summed E-state index contributed by atoms with van der Waals surface area (Å²) in [6, 6.07) is -5.41. The number of hydrogen-bond acceptors (Lipinski definition) is 1. The van der Waals surface area contributed by atoms with Gasteiger partial charge in [0.1, 0.15) is 0 Å². The Morgan fingerprint density at radius 2 is 2.09 bits per heavy atom. The van der Waals surface area contributed by atoms with Gasteiger partial charge in [-0.05, 0) is 6.92 Å². The molecule has 1 radical (unpaired) electrons. The van der Waals surface area contributed by atoms with Crippen LogP contribution in [0.4, 0.5) is 18.0 Å². The van der Waals surface area contributed by atoms with Gasteiger partial charge in [-0.3, -0.25) is 4.90 Å². The molecule has 0 spiro atoms. The van der Waals surface area contributed by atoms with Crippen molar-refractivity contribution in [3.63, 3.8) is 0 Å². The molecule has 0 aliphatic carbocycles. The molecule has 0 aliphatic rings. The fraction of sp³-hybridized carbons (Fsp3) is 0.800. The van der Waals surface area contributed by atoms with Crippen LogP contribution in [-0.4, -0.2) is 30.2 Å². The molecule has 0 rings (SSSR count). The lowest BCUT2D eigenvalue weighted by Gasteiger charge is -2.25. The Morgan fingerprint density at radius 1 is 1.64 bits per heavy atom. The number of carbonyl (C=O) groups is 1. The van der Waals surface area contributed by atoms with E-state index in [4.69, 9.17) is 5.73 Å². The van der Waals surface area contributed by atoms with E-state index in [0.717, 1.165) is 0 Å². The summed E-state index contributed by atoms with van der Waals surface area (Å²) in [5, 5.41) is 0. The number of hydrogen-bond donors (Lipinski definition) is 0. The molecule has 0 bridgehead atoms.